The molecule has 0 saturated carbocycles. The van der Waals surface area contributed by atoms with E-state index in [-0.39, 0.29) is 17.0 Å². The molecule has 2 atom stereocenters. The fourth-order valence-corrected chi connectivity index (χ4v) is 2.21. The lowest BCUT2D eigenvalue weighted by molar-refractivity contribution is -0.393. The Kier molecular flexibility index (Phi) is 2.90. The van der Waals surface area contributed by atoms with Crippen molar-refractivity contribution in [2.75, 3.05) is 12.1 Å². The molecule has 1 aromatic rings. The molecular weight excluding hydrogens is 252 g/mol. The first-order valence-corrected chi connectivity index (χ1v) is 5.79. The van der Waals surface area contributed by atoms with Gasteiger partial charge in [0.2, 0.25) is 0 Å². The Morgan fingerprint density at radius 2 is 1.89 bits per heavy atom. The predicted molar refractivity (Wildman–Crippen MR) is 68.7 cm³/mol. The molecule has 2 rings (SSSR count). The fraction of sp³-hybridized carbons (Fsp3) is 0.455. The Bertz CT molecular complexity index is 562. The van der Waals surface area contributed by atoms with Crippen LogP contribution in [0.1, 0.15) is 20.3 Å². The smallest absolute Gasteiger partial charge is 0.275 e. The van der Waals surface area contributed by atoms with Crippen molar-refractivity contribution in [2.45, 2.75) is 25.9 Å². The van der Waals surface area contributed by atoms with Crippen molar-refractivity contribution in [3.63, 3.8) is 0 Å². The first kappa shape index (κ1) is 13.2. The number of nitro benzene ring substituents is 2. The van der Waals surface area contributed by atoms with Crippen LogP contribution in [0.2, 0.25) is 0 Å². The van der Waals surface area contributed by atoms with Crippen molar-refractivity contribution in [3.8, 4) is 0 Å². The fourth-order valence-electron chi connectivity index (χ4n) is 2.21. The van der Waals surface area contributed by atoms with Crippen molar-refractivity contribution in [3.05, 3.63) is 38.4 Å². The summed E-state index contributed by atoms with van der Waals surface area (Å²) in [5, 5.41) is 25.4. The number of hydrogen-bond donors (Lipinski definition) is 0. The molecule has 1 aliphatic heterocycles. The van der Waals surface area contributed by atoms with Crippen LogP contribution in [0.3, 0.4) is 0 Å². The monoisotopic (exact) mass is 266 g/mol. The third kappa shape index (κ3) is 1.89. The second-order valence-corrected chi connectivity index (χ2v) is 4.59. The van der Waals surface area contributed by atoms with Gasteiger partial charge in [-0.3, -0.25) is 25.2 Å². The molecule has 8 nitrogen and oxygen atoms in total. The van der Waals surface area contributed by atoms with Crippen LogP contribution in [-0.4, -0.2) is 27.6 Å². The summed E-state index contributed by atoms with van der Waals surface area (Å²) in [5.74, 6) is 0. The van der Waals surface area contributed by atoms with Gasteiger partial charge in [-0.05, 0) is 19.4 Å². The van der Waals surface area contributed by atoms with Gasteiger partial charge >= 0.3 is 5.69 Å². The van der Waals surface area contributed by atoms with Crippen molar-refractivity contribution < 1.29 is 9.85 Å². The zero-order valence-corrected chi connectivity index (χ0v) is 10.9. The van der Waals surface area contributed by atoms with Crippen LogP contribution in [0, 0.1) is 20.2 Å². The van der Waals surface area contributed by atoms with E-state index in [1.54, 1.807) is 5.01 Å². The maximum Gasteiger partial charge on any atom is 0.300 e. The minimum Gasteiger partial charge on any atom is -0.275 e. The molecule has 1 heterocycles. The highest BCUT2D eigenvalue weighted by molar-refractivity contribution is 5.70. The van der Waals surface area contributed by atoms with E-state index in [4.69, 9.17) is 0 Å². The maximum absolute atomic E-state index is 11.1. The Morgan fingerprint density at radius 3 is 2.32 bits per heavy atom. The Balaban J connectivity index is 2.48. The van der Waals surface area contributed by atoms with Crippen LogP contribution >= 0.6 is 0 Å². The molecular formula is C11H14N4O4. The number of non-ortho nitro benzene ring substituents is 1. The molecule has 0 radical (unpaired) electrons. The molecule has 19 heavy (non-hydrogen) atoms. The van der Waals surface area contributed by atoms with Gasteiger partial charge in [0.1, 0.15) is 11.4 Å². The highest BCUT2D eigenvalue weighted by Gasteiger charge is 2.55. The van der Waals surface area contributed by atoms with Crippen molar-refractivity contribution >= 4 is 17.1 Å². The second-order valence-electron chi connectivity index (χ2n) is 4.59. The Morgan fingerprint density at radius 1 is 1.26 bits per heavy atom. The van der Waals surface area contributed by atoms with Crippen LogP contribution in [0.15, 0.2) is 18.2 Å². The summed E-state index contributed by atoms with van der Waals surface area (Å²) >= 11 is 0. The molecule has 0 aliphatic carbocycles. The lowest BCUT2D eigenvalue weighted by atomic mass is 10.2. The van der Waals surface area contributed by atoms with E-state index in [0.29, 0.717) is 5.69 Å². The average Bonchev–Trinajstić information content (AvgIpc) is 2.91. The number of hydrogen-bond acceptors (Lipinski definition) is 6. The van der Waals surface area contributed by atoms with Crippen LogP contribution in [0.25, 0.3) is 0 Å². The molecule has 1 aliphatic rings. The van der Waals surface area contributed by atoms with Gasteiger partial charge < -0.3 is 0 Å². The number of anilines is 1. The topological polar surface area (TPSA) is 92.3 Å². The van der Waals surface area contributed by atoms with Crippen LogP contribution in [0.5, 0.6) is 0 Å². The van der Waals surface area contributed by atoms with Crippen molar-refractivity contribution in [1.29, 1.82) is 0 Å². The largest absolute Gasteiger partial charge is 0.300 e. The van der Waals surface area contributed by atoms with E-state index in [2.05, 4.69) is 0 Å². The molecule has 0 bridgehead atoms. The van der Waals surface area contributed by atoms with E-state index in [9.17, 15) is 20.2 Å². The van der Waals surface area contributed by atoms with Gasteiger partial charge in [0.05, 0.1) is 15.9 Å². The number of rotatable bonds is 4. The summed E-state index contributed by atoms with van der Waals surface area (Å²) in [7, 11) is 1.83. The highest BCUT2D eigenvalue weighted by Crippen LogP contribution is 2.48. The lowest BCUT2D eigenvalue weighted by Gasteiger charge is -2.07. The molecule has 0 spiro atoms. The van der Waals surface area contributed by atoms with E-state index >= 15 is 0 Å². The lowest BCUT2D eigenvalue weighted by Crippen LogP contribution is -2.13. The van der Waals surface area contributed by atoms with Gasteiger partial charge in [-0.2, -0.15) is 5.01 Å². The van der Waals surface area contributed by atoms with Gasteiger partial charge in [-0.25, -0.2) is 0 Å². The normalized spacial score (nSPS) is 25.2. The molecule has 1 aromatic carbocycles. The predicted octanol–water partition coefficient (Wildman–Crippen LogP) is 2.30. The van der Waals surface area contributed by atoms with E-state index < -0.39 is 9.85 Å². The van der Waals surface area contributed by atoms with Crippen LogP contribution < -0.4 is 5.01 Å². The number of nitro groups is 2. The third-order valence-corrected chi connectivity index (χ3v) is 3.68. The molecule has 102 valence electrons. The van der Waals surface area contributed by atoms with Crippen LogP contribution in [-0.2, 0) is 0 Å². The summed E-state index contributed by atoms with van der Waals surface area (Å²) < 4.78 is 0. The van der Waals surface area contributed by atoms with Crippen molar-refractivity contribution in [2.24, 2.45) is 0 Å². The summed E-state index contributed by atoms with van der Waals surface area (Å²) in [5.41, 5.74) is -0.431. The van der Waals surface area contributed by atoms with E-state index in [1.165, 1.54) is 12.1 Å². The quantitative estimate of drug-likeness (QED) is 0.471. The maximum atomic E-state index is 11.1. The molecule has 8 heteroatoms. The summed E-state index contributed by atoms with van der Waals surface area (Å²) in [6.45, 7) is 3.94. The summed E-state index contributed by atoms with van der Waals surface area (Å²) in [6, 6.07) is 3.70. The summed E-state index contributed by atoms with van der Waals surface area (Å²) in [6.07, 6.45) is 0.789. The first-order valence-electron chi connectivity index (χ1n) is 5.79. The molecule has 0 amide bonds. The van der Waals surface area contributed by atoms with E-state index in [1.807, 2.05) is 25.9 Å². The average molecular weight is 266 g/mol. The minimum atomic E-state index is -0.637. The standard InChI is InChI=1S/C11H14N4O4/c1-4-11(2)12(3)13(11)9-6-5-8(14(16)17)7-10(9)15(18)19/h5-7H,4H2,1-3H3. The zero-order valence-electron chi connectivity index (χ0n) is 10.9. The van der Waals surface area contributed by atoms with Crippen molar-refractivity contribution in [1.82, 2.24) is 5.01 Å². The minimum absolute atomic E-state index is 0.252. The first-order chi connectivity index (χ1) is 8.82. The number of benzene rings is 1. The van der Waals surface area contributed by atoms with Gasteiger partial charge in [-0.15, -0.1) is 0 Å². The Hall–Kier alpha value is -2.22. The van der Waals surface area contributed by atoms with E-state index in [0.717, 1.165) is 12.5 Å². The van der Waals surface area contributed by atoms with Gasteiger partial charge in [0.15, 0.2) is 0 Å². The second kappa shape index (κ2) is 4.16. The molecule has 1 saturated heterocycles. The third-order valence-electron chi connectivity index (χ3n) is 3.68. The molecule has 1 fully saturated rings. The molecule has 2 unspecified atom stereocenters. The number of nitrogens with zero attached hydrogens (tertiary/aromatic N) is 4. The zero-order chi connectivity index (χ0) is 14.4. The SMILES string of the molecule is CCC1(C)N(C)N1c1ccc([N+](=O)[O-])cc1[N+](=O)[O-]. The van der Waals surface area contributed by atoms with Gasteiger partial charge in [0.25, 0.3) is 5.69 Å². The molecule has 0 aromatic heterocycles. The summed E-state index contributed by atoms with van der Waals surface area (Å²) in [4.78, 5) is 20.5. The number of hydrazine groups is 1. The molecule has 0 N–H and O–H groups in total. The van der Waals surface area contributed by atoms with Crippen LogP contribution in [0.4, 0.5) is 17.1 Å². The van der Waals surface area contributed by atoms with Gasteiger partial charge in [-0.1, -0.05) is 6.92 Å². The highest BCUT2D eigenvalue weighted by atomic mass is 16.6. The van der Waals surface area contributed by atoms with Gasteiger partial charge in [0, 0.05) is 13.1 Å². The Labute approximate surface area is 109 Å².